The zero-order valence-electron chi connectivity index (χ0n) is 17.4. The van der Waals surface area contributed by atoms with Crippen molar-refractivity contribution in [3.8, 4) is 0 Å². The Balaban J connectivity index is 1.24. The highest BCUT2D eigenvalue weighted by Crippen LogP contribution is 2.33. The fraction of sp³-hybridized carbons (Fsp3) is 0.950. The standard InChI is InChI=1S/C20H38N6OS/c1-13(28-20-25-22-12-26(20)2)15-9-10-21-18(11-15)24-19(27)17-8-7-14-5-3-4-6-16(14)23-17/h13-18,20-23,25H,3-12H2,1-2H3,(H,24,27)/t13-,14?,15?,16?,17?,18?,20?/m0/s1. The summed E-state index contributed by atoms with van der Waals surface area (Å²) in [5.74, 6) is 1.61. The van der Waals surface area contributed by atoms with Gasteiger partial charge in [0.15, 0.2) is 0 Å². The Kier molecular flexibility index (Phi) is 7.17. The van der Waals surface area contributed by atoms with Gasteiger partial charge >= 0.3 is 0 Å². The summed E-state index contributed by atoms with van der Waals surface area (Å²) in [5, 5.41) is 11.1. The first kappa shape index (κ1) is 20.9. The van der Waals surface area contributed by atoms with Gasteiger partial charge in [0.25, 0.3) is 0 Å². The van der Waals surface area contributed by atoms with Gasteiger partial charge in [0, 0.05) is 11.3 Å². The monoisotopic (exact) mass is 410 g/mol. The van der Waals surface area contributed by atoms with Gasteiger partial charge in [0.2, 0.25) is 5.91 Å². The van der Waals surface area contributed by atoms with Crippen LogP contribution in [-0.2, 0) is 4.79 Å². The molecule has 0 aromatic rings. The Bertz CT molecular complexity index is 537. The number of carbonyl (C=O) groups is 1. The largest absolute Gasteiger partial charge is 0.339 e. The lowest BCUT2D eigenvalue weighted by molar-refractivity contribution is -0.125. The molecule has 3 saturated heterocycles. The van der Waals surface area contributed by atoms with Crippen molar-refractivity contribution in [3.05, 3.63) is 0 Å². The number of carbonyl (C=O) groups excluding carboxylic acids is 1. The minimum absolute atomic E-state index is 0.00395. The zero-order valence-corrected chi connectivity index (χ0v) is 18.2. The second-order valence-corrected chi connectivity index (χ2v) is 10.6. The third-order valence-corrected chi connectivity index (χ3v) is 8.74. The molecule has 7 nitrogen and oxygen atoms in total. The fourth-order valence-electron chi connectivity index (χ4n) is 5.36. The van der Waals surface area contributed by atoms with Crippen LogP contribution in [-0.4, -0.2) is 60.1 Å². The summed E-state index contributed by atoms with van der Waals surface area (Å²) in [6, 6.07) is 0.557. The lowest BCUT2D eigenvalue weighted by Crippen LogP contribution is -2.59. The molecule has 1 saturated carbocycles. The van der Waals surface area contributed by atoms with Crippen LogP contribution in [0, 0.1) is 11.8 Å². The maximum absolute atomic E-state index is 12.9. The summed E-state index contributed by atoms with van der Waals surface area (Å²) in [5.41, 5.74) is 6.86. The molecule has 28 heavy (non-hydrogen) atoms. The third kappa shape index (κ3) is 5.02. The number of nitrogens with one attached hydrogen (secondary N) is 5. The molecule has 3 heterocycles. The van der Waals surface area contributed by atoms with Crippen molar-refractivity contribution in [2.45, 2.75) is 87.3 Å². The highest BCUT2D eigenvalue weighted by Gasteiger charge is 2.36. The summed E-state index contributed by atoms with van der Waals surface area (Å²) in [4.78, 5) is 15.2. The molecule has 4 rings (SSSR count). The van der Waals surface area contributed by atoms with Gasteiger partial charge in [-0.2, -0.15) is 0 Å². The first-order valence-electron chi connectivity index (χ1n) is 11.2. The number of piperidine rings is 2. The maximum atomic E-state index is 12.9. The van der Waals surface area contributed by atoms with E-state index in [0.29, 0.717) is 22.7 Å². The van der Waals surface area contributed by atoms with E-state index in [1.54, 1.807) is 0 Å². The lowest BCUT2D eigenvalue weighted by atomic mass is 9.77. The minimum atomic E-state index is -0.00395. The third-order valence-electron chi connectivity index (χ3n) is 7.19. The van der Waals surface area contributed by atoms with E-state index in [4.69, 9.17) is 0 Å². The number of hydrazine groups is 1. The summed E-state index contributed by atoms with van der Waals surface area (Å²) < 4.78 is 0. The van der Waals surface area contributed by atoms with Gasteiger partial charge < -0.3 is 10.6 Å². The number of thioether (sulfide) groups is 1. The molecule has 0 aromatic heterocycles. The van der Waals surface area contributed by atoms with Crippen molar-refractivity contribution in [3.63, 3.8) is 0 Å². The van der Waals surface area contributed by atoms with E-state index < -0.39 is 0 Å². The molecule has 4 aliphatic rings. The van der Waals surface area contributed by atoms with E-state index in [9.17, 15) is 4.79 Å². The Labute approximate surface area is 173 Å². The van der Waals surface area contributed by atoms with E-state index in [2.05, 4.69) is 45.7 Å². The molecule has 160 valence electrons. The average molecular weight is 411 g/mol. The molecule has 0 radical (unpaired) electrons. The Morgan fingerprint density at radius 2 is 2.04 bits per heavy atom. The smallest absolute Gasteiger partial charge is 0.238 e. The van der Waals surface area contributed by atoms with Crippen LogP contribution in [0.1, 0.15) is 58.3 Å². The lowest BCUT2D eigenvalue weighted by Gasteiger charge is -2.41. The molecular weight excluding hydrogens is 372 g/mol. The minimum Gasteiger partial charge on any atom is -0.339 e. The van der Waals surface area contributed by atoms with Gasteiger partial charge in [0.05, 0.1) is 18.9 Å². The number of hydrogen-bond donors (Lipinski definition) is 5. The van der Waals surface area contributed by atoms with E-state index in [-0.39, 0.29) is 18.1 Å². The zero-order chi connectivity index (χ0) is 19.5. The molecule has 5 N–H and O–H groups in total. The van der Waals surface area contributed by atoms with Crippen molar-refractivity contribution in [2.75, 3.05) is 20.3 Å². The quantitative estimate of drug-likeness (QED) is 0.465. The average Bonchev–Trinajstić information content (AvgIpc) is 3.12. The number of hydrogen-bond acceptors (Lipinski definition) is 7. The molecule has 6 unspecified atom stereocenters. The Morgan fingerprint density at radius 3 is 2.86 bits per heavy atom. The molecule has 0 aromatic carbocycles. The van der Waals surface area contributed by atoms with Crippen LogP contribution < -0.4 is 26.8 Å². The predicted octanol–water partition coefficient (Wildman–Crippen LogP) is 1.14. The van der Waals surface area contributed by atoms with Gasteiger partial charge in [0.1, 0.15) is 5.50 Å². The molecule has 0 bridgehead atoms. The van der Waals surface area contributed by atoms with Crippen LogP contribution >= 0.6 is 11.8 Å². The van der Waals surface area contributed by atoms with Crippen LogP contribution in [0.25, 0.3) is 0 Å². The highest BCUT2D eigenvalue weighted by atomic mass is 32.2. The molecule has 1 amide bonds. The van der Waals surface area contributed by atoms with Gasteiger partial charge in [-0.25, -0.2) is 10.9 Å². The maximum Gasteiger partial charge on any atom is 0.238 e. The summed E-state index contributed by atoms with van der Waals surface area (Å²) in [6.45, 7) is 4.19. The van der Waals surface area contributed by atoms with Gasteiger partial charge in [-0.1, -0.05) is 19.8 Å². The van der Waals surface area contributed by atoms with E-state index in [0.717, 1.165) is 32.0 Å². The Hall–Kier alpha value is -0.380. The van der Waals surface area contributed by atoms with E-state index in [1.807, 2.05) is 11.8 Å². The summed E-state index contributed by atoms with van der Waals surface area (Å²) in [6.07, 6.45) is 9.75. The predicted molar refractivity (Wildman–Crippen MR) is 114 cm³/mol. The van der Waals surface area contributed by atoms with Gasteiger partial charge in [-0.3, -0.25) is 15.0 Å². The van der Waals surface area contributed by atoms with E-state index >= 15 is 0 Å². The first-order valence-corrected chi connectivity index (χ1v) is 12.2. The normalized spacial score (nSPS) is 40.6. The molecule has 8 heteroatoms. The van der Waals surface area contributed by atoms with Crippen LogP contribution in [0.4, 0.5) is 0 Å². The van der Waals surface area contributed by atoms with Gasteiger partial charge in [-0.15, -0.1) is 11.8 Å². The van der Waals surface area contributed by atoms with Crippen molar-refractivity contribution in [2.24, 2.45) is 11.8 Å². The van der Waals surface area contributed by atoms with Crippen LogP contribution in [0.2, 0.25) is 0 Å². The van der Waals surface area contributed by atoms with Gasteiger partial charge in [-0.05, 0) is 64.0 Å². The molecule has 3 aliphatic heterocycles. The van der Waals surface area contributed by atoms with Crippen molar-refractivity contribution in [1.29, 1.82) is 0 Å². The van der Waals surface area contributed by atoms with Crippen LogP contribution in [0.5, 0.6) is 0 Å². The number of fused-ring (bicyclic) bond motifs is 1. The number of nitrogens with zero attached hydrogens (tertiary/aromatic N) is 1. The Morgan fingerprint density at radius 1 is 1.18 bits per heavy atom. The van der Waals surface area contributed by atoms with Crippen molar-refractivity contribution < 1.29 is 4.79 Å². The van der Waals surface area contributed by atoms with Crippen molar-refractivity contribution in [1.82, 2.24) is 31.7 Å². The second-order valence-electron chi connectivity index (χ2n) is 9.18. The topological polar surface area (TPSA) is 80.5 Å². The van der Waals surface area contributed by atoms with Crippen LogP contribution in [0.15, 0.2) is 0 Å². The van der Waals surface area contributed by atoms with E-state index in [1.165, 1.54) is 38.5 Å². The molecule has 0 spiro atoms. The molecule has 4 fully saturated rings. The second kappa shape index (κ2) is 9.62. The fourth-order valence-corrected chi connectivity index (χ4v) is 6.67. The summed E-state index contributed by atoms with van der Waals surface area (Å²) in [7, 11) is 2.14. The molecule has 1 aliphatic carbocycles. The number of rotatable bonds is 5. The SMILES string of the molecule is C[C@H](SC1NNCN1C)C1CCNC(NC(=O)C2CCC3CCCCC3N2)C1. The van der Waals surface area contributed by atoms with Crippen LogP contribution in [0.3, 0.4) is 0 Å². The highest BCUT2D eigenvalue weighted by molar-refractivity contribution is 8.00. The number of amides is 1. The van der Waals surface area contributed by atoms with Crippen molar-refractivity contribution >= 4 is 17.7 Å². The molecule has 7 atom stereocenters. The summed E-state index contributed by atoms with van der Waals surface area (Å²) >= 11 is 1.98. The first-order chi connectivity index (χ1) is 13.6. The molecular formula is C20H38N6OS.